The minimum atomic E-state index is -0.468. The summed E-state index contributed by atoms with van der Waals surface area (Å²) in [6.07, 6.45) is 1.54. The molecule has 166 valence electrons. The van der Waals surface area contributed by atoms with E-state index in [0.29, 0.717) is 19.7 Å². The zero-order valence-electron chi connectivity index (χ0n) is 18.8. The van der Waals surface area contributed by atoms with Gasteiger partial charge in [-0.3, -0.25) is 4.79 Å². The van der Waals surface area contributed by atoms with Crippen LogP contribution in [0.3, 0.4) is 0 Å². The van der Waals surface area contributed by atoms with Crippen LogP contribution in [0.15, 0.2) is 48.5 Å². The van der Waals surface area contributed by atoms with Gasteiger partial charge >= 0.3 is 6.09 Å². The van der Waals surface area contributed by atoms with Crippen LogP contribution in [-0.4, -0.2) is 41.7 Å². The van der Waals surface area contributed by atoms with Crippen molar-refractivity contribution in [2.75, 3.05) is 18.4 Å². The molecule has 0 aromatic heterocycles. The van der Waals surface area contributed by atoms with Gasteiger partial charge in [0, 0.05) is 25.7 Å². The molecule has 1 saturated heterocycles. The second-order valence-electron chi connectivity index (χ2n) is 8.93. The highest BCUT2D eigenvalue weighted by molar-refractivity contribution is 5.89. The molecular formula is C25H32N2O4. The van der Waals surface area contributed by atoms with E-state index in [1.165, 1.54) is 6.92 Å². The molecule has 1 aliphatic heterocycles. The fraction of sp³-hybridized carbons (Fsp3) is 0.440. The van der Waals surface area contributed by atoms with Gasteiger partial charge in [-0.15, -0.1) is 0 Å². The van der Waals surface area contributed by atoms with Crippen molar-refractivity contribution in [2.24, 2.45) is 0 Å². The fourth-order valence-electron chi connectivity index (χ4n) is 3.49. The average molecular weight is 425 g/mol. The number of benzene rings is 2. The summed E-state index contributed by atoms with van der Waals surface area (Å²) in [7, 11) is 0. The van der Waals surface area contributed by atoms with E-state index >= 15 is 0 Å². The van der Waals surface area contributed by atoms with Crippen LogP contribution in [0.2, 0.25) is 0 Å². The first-order chi connectivity index (χ1) is 14.7. The molecule has 1 aliphatic rings. The van der Waals surface area contributed by atoms with Crippen molar-refractivity contribution in [3.05, 3.63) is 54.1 Å². The van der Waals surface area contributed by atoms with Crippen LogP contribution < -0.4 is 5.32 Å². The van der Waals surface area contributed by atoms with Crippen LogP contribution in [0.1, 0.15) is 46.1 Å². The molecule has 0 atom stereocenters. The van der Waals surface area contributed by atoms with Gasteiger partial charge in [0.05, 0.1) is 12.7 Å². The minimum absolute atomic E-state index is 0.0763. The van der Waals surface area contributed by atoms with Crippen molar-refractivity contribution in [1.29, 1.82) is 0 Å². The van der Waals surface area contributed by atoms with Crippen molar-refractivity contribution in [3.8, 4) is 11.1 Å². The fourth-order valence-corrected chi connectivity index (χ4v) is 3.49. The maximum atomic E-state index is 12.2. The Morgan fingerprint density at radius 1 is 0.968 bits per heavy atom. The minimum Gasteiger partial charge on any atom is -0.444 e. The average Bonchev–Trinajstić information content (AvgIpc) is 2.72. The predicted molar refractivity (Wildman–Crippen MR) is 122 cm³/mol. The predicted octanol–water partition coefficient (Wildman–Crippen LogP) is 5.23. The number of nitrogens with one attached hydrogen (secondary N) is 1. The van der Waals surface area contributed by atoms with Crippen LogP contribution in [0, 0.1) is 0 Å². The smallest absolute Gasteiger partial charge is 0.410 e. The molecule has 0 bridgehead atoms. The summed E-state index contributed by atoms with van der Waals surface area (Å²) in [5, 5.41) is 2.77. The maximum absolute atomic E-state index is 12.2. The number of anilines is 1. The molecular weight excluding hydrogens is 392 g/mol. The summed E-state index contributed by atoms with van der Waals surface area (Å²) in [6.45, 7) is 9.02. The third-order valence-electron chi connectivity index (χ3n) is 5.07. The first kappa shape index (κ1) is 22.8. The Morgan fingerprint density at radius 2 is 1.52 bits per heavy atom. The Bertz CT molecular complexity index is 877. The lowest BCUT2D eigenvalue weighted by Crippen LogP contribution is -2.43. The SMILES string of the molecule is CC(=O)Nc1ccc(-c2ccc(COC3CCN(C(=O)OC(C)(C)C)CC3)cc2)cc1. The quantitative estimate of drug-likeness (QED) is 0.714. The molecule has 0 spiro atoms. The zero-order chi connectivity index (χ0) is 22.4. The number of carbonyl (C=O) groups is 2. The number of hydrogen-bond donors (Lipinski definition) is 1. The van der Waals surface area contributed by atoms with Crippen molar-refractivity contribution in [2.45, 2.75) is 58.8 Å². The molecule has 0 radical (unpaired) electrons. The summed E-state index contributed by atoms with van der Waals surface area (Å²) >= 11 is 0. The Balaban J connectivity index is 1.46. The van der Waals surface area contributed by atoms with Crippen LogP contribution in [0.4, 0.5) is 10.5 Å². The molecule has 1 N–H and O–H groups in total. The van der Waals surface area contributed by atoms with Crippen molar-refractivity contribution in [3.63, 3.8) is 0 Å². The molecule has 0 aliphatic carbocycles. The van der Waals surface area contributed by atoms with Gasteiger partial charge < -0.3 is 19.7 Å². The number of hydrogen-bond acceptors (Lipinski definition) is 4. The monoisotopic (exact) mass is 424 g/mol. The van der Waals surface area contributed by atoms with E-state index in [1.807, 2.05) is 45.0 Å². The summed E-state index contributed by atoms with van der Waals surface area (Å²) in [6, 6.07) is 16.1. The third kappa shape index (κ3) is 7.10. The lowest BCUT2D eigenvalue weighted by atomic mass is 10.0. The van der Waals surface area contributed by atoms with E-state index in [2.05, 4.69) is 29.6 Å². The maximum Gasteiger partial charge on any atom is 0.410 e. The van der Waals surface area contributed by atoms with Crippen LogP contribution in [0.5, 0.6) is 0 Å². The van der Waals surface area contributed by atoms with Crippen molar-refractivity contribution < 1.29 is 19.1 Å². The zero-order valence-corrected chi connectivity index (χ0v) is 18.8. The van der Waals surface area contributed by atoms with Gasteiger partial charge in [-0.1, -0.05) is 36.4 Å². The van der Waals surface area contributed by atoms with Gasteiger partial charge in [-0.05, 0) is 62.4 Å². The highest BCUT2D eigenvalue weighted by atomic mass is 16.6. The van der Waals surface area contributed by atoms with Crippen LogP contribution in [-0.2, 0) is 20.9 Å². The molecule has 3 rings (SSSR count). The highest BCUT2D eigenvalue weighted by Gasteiger charge is 2.27. The van der Waals surface area contributed by atoms with E-state index in [1.54, 1.807) is 4.90 Å². The van der Waals surface area contributed by atoms with E-state index in [4.69, 9.17) is 9.47 Å². The molecule has 2 aromatic carbocycles. The molecule has 1 fully saturated rings. The first-order valence-corrected chi connectivity index (χ1v) is 10.8. The Labute approximate surface area is 184 Å². The number of ether oxygens (including phenoxy) is 2. The molecule has 6 nitrogen and oxygen atoms in total. The normalized spacial score (nSPS) is 14.9. The molecule has 1 heterocycles. The number of amides is 2. The molecule has 31 heavy (non-hydrogen) atoms. The molecule has 6 heteroatoms. The summed E-state index contributed by atoms with van der Waals surface area (Å²) < 4.78 is 11.5. The Hall–Kier alpha value is -2.86. The van der Waals surface area contributed by atoms with E-state index in [9.17, 15) is 9.59 Å². The second kappa shape index (κ2) is 9.96. The number of carbonyl (C=O) groups excluding carboxylic acids is 2. The summed E-state index contributed by atoms with van der Waals surface area (Å²) in [4.78, 5) is 25.1. The van der Waals surface area contributed by atoms with E-state index < -0.39 is 5.60 Å². The topological polar surface area (TPSA) is 67.9 Å². The number of likely N-dealkylation sites (tertiary alicyclic amines) is 1. The van der Waals surface area contributed by atoms with Gasteiger partial charge in [0.1, 0.15) is 5.60 Å². The molecule has 0 unspecified atom stereocenters. The molecule has 2 amide bonds. The van der Waals surface area contributed by atoms with Crippen LogP contribution in [0.25, 0.3) is 11.1 Å². The van der Waals surface area contributed by atoms with Gasteiger partial charge in [0.25, 0.3) is 0 Å². The van der Waals surface area contributed by atoms with Gasteiger partial charge in [-0.25, -0.2) is 4.79 Å². The number of rotatable bonds is 5. The highest BCUT2D eigenvalue weighted by Crippen LogP contribution is 2.23. The Kier molecular flexibility index (Phi) is 7.33. The van der Waals surface area contributed by atoms with E-state index in [0.717, 1.165) is 35.2 Å². The standard InChI is InChI=1S/C25H32N2O4/c1-18(28)26-22-11-9-21(10-12-22)20-7-5-19(6-8-20)17-30-23-13-15-27(16-14-23)24(29)31-25(2,3)4/h5-12,23H,13-17H2,1-4H3,(H,26,28). The second-order valence-corrected chi connectivity index (χ2v) is 8.93. The lowest BCUT2D eigenvalue weighted by molar-refractivity contribution is -0.114. The van der Waals surface area contributed by atoms with Gasteiger partial charge in [0.15, 0.2) is 0 Å². The van der Waals surface area contributed by atoms with Crippen molar-refractivity contribution in [1.82, 2.24) is 4.90 Å². The van der Waals surface area contributed by atoms with Crippen LogP contribution >= 0.6 is 0 Å². The third-order valence-corrected chi connectivity index (χ3v) is 5.07. The first-order valence-electron chi connectivity index (χ1n) is 10.8. The number of piperidine rings is 1. The van der Waals surface area contributed by atoms with Gasteiger partial charge in [-0.2, -0.15) is 0 Å². The largest absolute Gasteiger partial charge is 0.444 e. The summed E-state index contributed by atoms with van der Waals surface area (Å²) in [5.41, 5.74) is 3.65. The summed E-state index contributed by atoms with van der Waals surface area (Å²) in [5.74, 6) is -0.0763. The van der Waals surface area contributed by atoms with Gasteiger partial charge in [0.2, 0.25) is 5.91 Å². The van der Waals surface area contributed by atoms with Crippen molar-refractivity contribution >= 4 is 17.7 Å². The lowest BCUT2D eigenvalue weighted by Gasteiger charge is -2.33. The molecule has 0 saturated carbocycles. The number of nitrogens with zero attached hydrogens (tertiary/aromatic N) is 1. The van der Waals surface area contributed by atoms with E-state index in [-0.39, 0.29) is 18.1 Å². The Morgan fingerprint density at radius 3 is 2.03 bits per heavy atom. The molecule has 2 aromatic rings.